The van der Waals surface area contributed by atoms with Crippen molar-refractivity contribution in [3.05, 3.63) is 0 Å². The molecule has 0 aliphatic heterocycles. The summed E-state index contributed by atoms with van der Waals surface area (Å²) in [5.41, 5.74) is 0. The molecule has 9 heavy (non-hydrogen) atoms. The van der Waals surface area contributed by atoms with Crippen LogP contribution in [0.4, 0.5) is 0 Å². The third-order valence-corrected chi connectivity index (χ3v) is 2.21. The molecular weight excluding hydrogens is 134 g/mol. The third kappa shape index (κ3) is 4.60. The summed E-state index contributed by atoms with van der Waals surface area (Å²) in [5.74, 6) is 0.771. The van der Waals surface area contributed by atoms with Crippen molar-refractivity contribution in [2.75, 3.05) is 19.1 Å². The number of rotatable bonds is 4. The lowest BCUT2D eigenvalue weighted by atomic mass is 10.3. The predicted molar refractivity (Wildman–Crippen MR) is 42.1 cm³/mol. The number of hydrogen-bond acceptors (Lipinski definition) is 2. The van der Waals surface area contributed by atoms with Gasteiger partial charge >= 0.3 is 0 Å². The lowest BCUT2D eigenvalue weighted by molar-refractivity contribution is 0.591. The summed E-state index contributed by atoms with van der Waals surface area (Å²) in [4.78, 5) is 0. The first-order chi connectivity index (χ1) is 4.20. The molecule has 0 amide bonds. The average molecular weight is 149 g/mol. The zero-order valence-electron chi connectivity index (χ0n) is 6.31. The van der Waals surface area contributed by atoms with Gasteiger partial charge < -0.3 is 5.32 Å². The van der Waals surface area contributed by atoms with Crippen LogP contribution in [0.2, 0.25) is 0 Å². The van der Waals surface area contributed by atoms with Gasteiger partial charge in [0.15, 0.2) is 0 Å². The van der Waals surface area contributed by atoms with Crippen molar-refractivity contribution in [3.8, 4) is 0 Å². The van der Waals surface area contributed by atoms with Gasteiger partial charge in [0, 0.05) is 28.9 Å². The molecule has 3 heteroatoms. The minimum Gasteiger partial charge on any atom is -0.316 e. The molecule has 2 atom stereocenters. The quantitative estimate of drug-likeness (QED) is 0.625. The lowest BCUT2D eigenvalue weighted by Crippen LogP contribution is -2.29. The van der Waals surface area contributed by atoms with Gasteiger partial charge in [-0.25, -0.2) is 0 Å². The maximum absolute atomic E-state index is 10.6. The SMILES string of the molecule is CCC(CS(C)=O)NC. The van der Waals surface area contributed by atoms with E-state index in [4.69, 9.17) is 0 Å². The molecule has 0 aromatic rings. The van der Waals surface area contributed by atoms with E-state index in [1.807, 2.05) is 7.05 Å². The van der Waals surface area contributed by atoms with Crippen LogP contribution < -0.4 is 5.32 Å². The molecule has 0 radical (unpaired) electrons. The maximum Gasteiger partial charge on any atom is 0.0385 e. The van der Waals surface area contributed by atoms with Crippen LogP contribution in [0, 0.1) is 0 Å². The topological polar surface area (TPSA) is 29.1 Å². The molecule has 0 heterocycles. The van der Waals surface area contributed by atoms with Crippen LogP contribution in [0.15, 0.2) is 0 Å². The molecule has 1 N–H and O–H groups in total. The van der Waals surface area contributed by atoms with Gasteiger partial charge in [0.1, 0.15) is 0 Å². The smallest absolute Gasteiger partial charge is 0.0385 e. The average Bonchev–Trinajstić information content (AvgIpc) is 1.82. The Labute approximate surface area is 59.5 Å². The largest absolute Gasteiger partial charge is 0.316 e. The zero-order chi connectivity index (χ0) is 7.28. The molecule has 0 aromatic heterocycles. The van der Waals surface area contributed by atoms with E-state index in [-0.39, 0.29) is 0 Å². The van der Waals surface area contributed by atoms with Gasteiger partial charge in [-0.3, -0.25) is 4.21 Å². The second-order valence-electron chi connectivity index (χ2n) is 2.13. The fraction of sp³-hybridized carbons (Fsp3) is 1.00. The highest BCUT2D eigenvalue weighted by Crippen LogP contribution is 1.90. The highest BCUT2D eigenvalue weighted by atomic mass is 32.2. The van der Waals surface area contributed by atoms with Crippen molar-refractivity contribution in [3.63, 3.8) is 0 Å². The van der Waals surface area contributed by atoms with E-state index < -0.39 is 10.8 Å². The zero-order valence-corrected chi connectivity index (χ0v) is 7.12. The van der Waals surface area contributed by atoms with Crippen molar-refractivity contribution in [1.82, 2.24) is 5.32 Å². The second kappa shape index (κ2) is 4.94. The van der Waals surface area contributed by atoms with Crippen molar-refractivity contribution in [2.45, 2.75) is 19.4 Å². The summed E-state index contributed by atoms with van der Waals surface area (Å²) in [6, 6.07) is 0.427. The lowest BCUT2D eigenvalue weighted by Gasteiger charge is -2.10. The van der Waals surface area contributed by atoms with E-state index in [0.29, 0.717) is 6.04 Å². The molecular formula is C6H15NOS. The first kappa shape index (κ1) is 9.11. The van der Waals surface area contributed by atoms with Crippen LogP contribution in [0.25, 0.3) is 0 Å². The van der Waals surface area contributed by atoms with Gasteiger partial charge in [-0.15, -0.1) is 0 Å². The molecule has 0 spiro atoms. The van der Waals surface area contributed by atoms with Crippen LogP contribution >= 0.6 is 0 Å². The van der Waals surface area contributed by atoms with E-state index in [9.17, 15) is 4.21 Å². The second-order valence-corrected chi connectivity index (χ2v) is 3.61. The van der Waals surface area contributed by atoms with Crippen LogP contribution in [0.3, 0.4) is 0 Å². The first-order valence-electron chi connectivity index (χ1n) is 3.18. The standard InChI is InChI=1S/C6H15NOS/c1-4-6(7-2)5-9(3)8/h6-7H,4-5H2,1-3H3. The van der Waals surface area contributed by atoms with Gasteiger partial charge in [-0.2, -0.15) is 0 Å². The van der Waals surface area contributed by atoms with Gasteiger partial charge in [0.05, 0.1) is 0 Å². The molecule has 0 saturated carbocycles. The van der Waals surface area contributed by atoms with Gasteiger partial charge in [-0.05, 0) is 13.5 Å². The van der Waals surface area contributed by atoms with Crippen molar-refractivity contribution in [1.29, 1.82) is 0 Å². The summed E-state index contributed by atoms with van der Waals surface area (Å²) < 4.78 is 10.6. The molecule has 0 aliphatic carbocycles. The van der Waals surface area contributed by atoms with Crippen LogP contribution in [-0.2, 0) is 10.8 Å². The van der Waals surface area contributed by atoms with Crippen molar-refractivity contribution >= 4 is 10.8 Å². The minimum absolute atomic E-state index is 0.427. The van der Waals surface area contributed by atoms with E-state index in [0.717, 1.165) is 12.2 Å². The van der Waals surface area contributed by atoms with E-state index in [2.05, 4.69) is 12.2 Å². The Balaban J connectivity index is 3.43. The summed E-state index contributed by atoms with van der Waals surface area (Å²) in [5, 5.41) is 3.09. The van der Waals surface area contributed by atoms with Gasteiger partial charge in [0.25, 0.3) is 0 Å². The molecule has 2 nitrogen and oxygen atoms in total. The summed E-state index contributed by atoms with van der Waals surface area (Å²) in [6.07, 6.45) is 2.79. The first-order valence-corrected chi connectivity index (χ1v) is 4.90. The molecule has 2 unspecified atom stereocenters. The molecule has 0 aliphatic rings. The molecule has 0 fully saturated rings. The molecule has 0 rings (SSSR count). The Bertz CT molecular complexity index is 91.1. The van der Waals surface area contributed by atoms with Crippen molar-refractivity contribution < 1.29 is 4.21 Å². The fourth-order valence-electron chi connectivity index (χ4n) is 0.689. The molecule has 0 bridgehead atoms. The Hall–Kier alpha value is 0.110. The maximum atomic E-state index is 10.6. The van der Waals surface area contributed by atoms with E-state index in [1.165, 1.54) is 0 Å². The normalized spacial score (nSPS) is 17.2. The highest BCUT2D eigenvalue weighted by molar-refractivity contribution is 7.84. The van der Waals surface area contributed by atoms with Crippen molar-refractivity contribution in [2.24, 2.45) is 0 Å². The molecule has 0 aromatic carbocycles. The van der Waals surface area contributed by atoms with Crippen LogP contribution in [-0.4, -0.2) is 29.3 Å². The summed E-state index contributed by atoms with van der Waals surface area (Å²) in [7, 11) is 1.25. The third-order valence-electron chi connectivity index (χ3n) is 1.34. The fourth-order valence-corrected chi connectivity index (χ4v) is 1.66. The van der Waals surface area contributed by atoms with E-state index >= 15 is 0 Å². The minimum atomic E-state index is -0.658. The Kier molecular flexibility index (Phi) is 5.00. The monoisotopic (exact) mass is 149 g/mol. The van der Waals surface area contributed by atoms with E-state index in [1.54, 1.807) is 6.26 Å². The Morgan fingerprint density at radius 2 is 2.22 bits per heavy atom. The Morgan fingerprint density at radius 3 is 2.33 bits per heavy atom. The Morgan fingerprint density at radius 1 is 1.67 bits per heavy atom. The van der Waals surface area contributed by atoms with Crippen LogP contribution in [0.5, 0.6) is 0 Å². The molecule has 56 valence electrons. The number of nitrogens with one attached hydrogen (secondary N) is 1. The molecule has 0 saturated heterocycles. The van der Waals surface area contributed by atoms with Crippen LogP contribution in [0.1, 0.15) is 13.3 Å². The van der Waals surface area contributed by atoms with Gasteiger partial charge in [0.2, 0.25) is 0 Å². The van der Waals surface area contributed by atoms with Gasteiger partial charge in [-0.1, -0.05) is 6.92 Å². The highest BCUT2D eigenvalue weighted by Gasteiger charge is 2.03. The summed E-state index contributed by atoms with van der Waals surface area (Å²) >= 11 is 0. The summed E-state index contributed by atoms with van der Waals surface area (Å²) in [6.45, 7) is 2.09. The number of hydrogen-bond donors (Lipinski definition) is 1. The predicted octanol–water partition coefficient (Wildman–Crippen LogP) is 0.363.